The number of phenolic OH excluding ortho intramolecular Hbond substituents is 1. The highest BCUT2D eigenvalue weighted by atomic mass is 16.4. The number of likely N-dealkylation sites (N-methyl/N-ethyl adjacent to an activating group) is 2. The zero-order valence-corrected chi connectivity index (χ0v) is 12.2. The number of hydrogen-bond acceptors (Lipinski definition) is 4. The second-order valence-electron chi connectivity index (χ2n) is 4.74. The van der Waals surface area contributed by atoms with Gasteiger partial charge in [-0.25, -0.2) is 9.59 Å². The van der Waals surface area contributed by atoms with Gasteiger partial charge >= 0.3 is 12.0 Å². The van der Waals surface area contributed by atoms with Gasteiger partial charge in [-0.2, -0.15) is 0 Å². The number of phenols is 1. The minimum Gasteiger partial charge on any atom is -0.508 e. The Balaban J connectivity index is 2.63. The lowest BCUT2D eigenvalue weighted by molar-refractivity contribution is -0.139. The molecule has 7 nitrogen and oxygen atoms in total. The number of nitrogens with one attached hydrogen (secondary N) is 2. The fraction of sp³-hybridized carbons (Fsp3) is 0.429. The first-order chi connectivity index (χ1) is 9.93. The number of aliphatic carboxylic acids is 1. The molecule has 0 bridgehead atoms. The number of carboxylic acid groups (broad SMARTS) is 1. The van der Waals surface area contributed by atoms with Crippen LogP contribution in [-0.2, 0) is 11.2 Å². The van der Waals surface area contributed by atoms with Crippen molar-refractivity contribution in [2.75, 3.05) is 27.2 Å². The summed E-state index contributed by atoms with van der Waals surface area (Å²) >= 11 is 0. The number of amides is 2. The van der Waals surface area contributed by atoms with Gasteiger partial charge in [-0.15, -0.1) is 0 Å². The van der Waals surface area contributed by atoms with Crippen molar-refractivity contribution in [1.29, 1.82) is 0 Å². The van der Waals surface area contributed by atoms with E-state index in [0.717, 1.165) is 5.56 Å². The third kappa shape index (κ3) is 5.70. The number of hydrogen-bond donors (Lipinski definition) is 4. The Morgan fingerprint density at radius 3 is 2.43 bits per heavy atom. The van der Waals surface area contributed by atoms with Crippen LogP contribution in [0.25, 0.3) is 0 Å². The first-order valence-electron chi connectivity index (χ1n) is 6.61. The molecule has 0 aromatic heterocycles. The van der Waals surface area contributed by atoms with E-state index in [-0.39, 0.29) is 12.2 Å². The first kappa shape index (κ1) is 16.8. The van der Waals surface area contributed by atoms with E-state index >= 15 is 0 Å². The molecule has 1 atom stereocenters. The molecule has 1 rings (SSSR count). The van der Waals surface area contributed by atoms with Crippen molar-refractivity contribution < 1.29 is 19.8 Å². The molecule has 1 aromatic rings. The van der Waals surface area contributed by atoms with Gasteiger partial charge in [0.1, 0.15) is 11.8 Å². The van der Waals surface area contributed by atoms with Crippen molar-refractivity contribution in [2.45, 2.75) is 12.5 Å². The quantitative estimate of drug-likeness (QED) is 0.577. The van der Waals surface area contributed by atoms with Crippen molar-refractivity contribution in [1.82, 2.24) is 15.5 Å². The summed E-state index contributed by atoms with van der Waals surface area (Å²) in [6.07, 6.45) is 0.154. The van der Waals surface area contributed by atoms with Crippen LogP contribution in [0.2, 0.25) is 0 Å². The lowest BCUT2D eigenvalue weighted by Crippen LogP contribution is -2.48. The number of benzene rings is 1. The Labute approximate surface area is 123 Å². The van der Waals surface area contributed by atoms with Crippen molar-refractivity contribution in [3.63, 3.8) is 0 Å². The minimum absolute atomic E-state index is 0.112. The molecular formula is C14H21N3O4. The fourth-order valence-electron chi connectivity index (χ4n) is 1.71. The Morgan fingerprint density at radius 2 is 1.90 bits per heavy atom. The molecule has 0 aliphatic carbocycles. The Bertz CT molecular complexity index is 476. The topological polar surface area (TPSA) is 102 Å². The summed E-state index contributed by atoms with van der Waals surface area (Å²) < 4.78 is 0. The van der Waals surface area contributed by atoms with E-state index in [2.05, 4.69) is 10.6 Å². The molecule has 21 heavy (non-hydrogen) atoms. The molecule has 0 fully saturated rings. The van der Waals surface area contributed by atoms with Gasteiger partial charge in [-0.05, 0) is 24.7 Å². The van der Waals surface area contributed by atoms with E-state index in [9.17, 15) is 19.8 Å². The van der Waals surface area contributed by atoms with Gasteiger partial charge in [0.25, 0.3) is 0 Å². The van der Waals surface area contributed by atoms with Crippen LogP contribution in [0, 0.1) is 0 Å². The van der Waals surface area contributed by atoms with Crippen LogP contribution >= 0.6 is 0 Å². The summed E-state index contributed by atoms with van der Waals surface area (Å²) in [6.45, 7) is 1.10. The Hall–Kier alpha value is -2.28. The average molecular weight is 295 g/mol. The second-order valence-corrected chi connectivity index (χ2v) is 4.74. The second kappa shape index (κ2) is 8.11. The average Bonchev–Trinajstić information content (AvgIpc) is 2.45. The summed E-state index contributed by atoms with van der Waals surface area (Å²) in [5.41, 5.74) is 0.721. The summed E-state index contributed by atoms with van der Waals surface area (Å²) in [4.78, 5) is 24.6. The third-order valence-corrected chi connectivity index (χ3v) is 3.02. The molecule has 2 amide bonds. The van der Waals surface area contributed by atoms with Crippen LogP contribution in [0.3, 0.4) is 0 Å². The Kier molecular flexibility index (Phi) is 6.48. The Morgan fingerprint density at radius 1 is 1.29 bits per heavy atom. The van der Waals surface area contributed by atoms with Gasteiger partial charge in [-0.3, -0.25) is 0 Å². The molecule has 0 unspecified atom stereocenters. The molecule has 0 aliphatic rings. The number of carbonyl (C=O) groups is 2. The van der Waals surface area contributed by atoms with Crippen molar-refractivity contribution in [2.24, 2.45) is 0 Å². The molecule has 0 radical (unpaired) electrons. The maximum atomic E-state index is 11.9. The van der Waals surface area contributed by atoms with Gasteiger partial charge in [-0.1, -0.05) is 12.1 Å². The summed E-state index contributed by atoms with van der Waals surface area (Å²) in [5, 5.41) is 23.8. The normalized spacial score (nSPS) is 11.7. The van der Waals surface area contributed by atoms with Crippen molar-refractivity contribution in [3.8, 4) is 5.75 Å². The predicted molar refractivity (Wildman–Crippen MR) is 78.3 cm³/mol. The predicted octanol–water partition coefficient (Wildman–Crippen LogP) is 0.249. The molecule has 0 aliphatic heterocycles. The standard InChI is InChI=1S/C14H21N3O4/c1-15-7-8-17(2)14(21)16-12(13(19)20)9-10-3-5-11(18)6-4-10/h3-6,12,15,18H,7-9H2,1-2H3,(H,16,21)(H,19,20)/t12-/m0/s1. The molecule has 1 aromatic carbocycles. The fourth-order valence-corrected chi connectivity index (χ4v) is 1.71. The van der Waals surface area contributed by atoms with E-state index in [1.165, 1.54) is 17.0 Å². The largest absolute Gasteiger partial charge is 0.508 e. The van der Waals surface area contributed by atoms with E-state index in [4.69, 9.17) is 0 Å². The van der Waals surface area contributed by atoms with Crippen LogP contribution in [0.4, 0.5) is 4.79 Å². The summed E-state index contributed by atoms with van der Waals surface area (Å²) in [6, 6.07) is 4.77. The SMILES string of the molecule is CNCCN(C)C(=O)N[C@@H](Cc1ccc(O)cc1)C(=O)O. The van der Waals surface area contributed by atoms with E-state index in [0.29, 0.717) is 13.1 Å². The summed E-state index contributed by atoms with van der Waals surface area (Å²) in [5.74, 6) is -0.986. The van der Waals surface area contributed by atoms with Gasteiger partial charge < -0.3 is 25.7 Å². The zero-order chi connectivity index (χ0) is 15.8. The highest BCUT2D eigenvalue weighted by Crippen LogP contribution is 2.11. The van der Waals surface area contributed by atoms with Crippen LogP contribution in [0.5, 0.6) is 5.75 Å². The van der Waals surface area contributed by atoms with Crippen LogP contribution in [0.15, 0.2) is 24.3 Å². The van der Waals surface area contributed by atoms with Crippen molar-refractivity contribution >= 4 is 12.0 Å². The third-order valence-electron chi connectivity index (χ3n) is 3.02. The van der Waals surface area contributed by atoms with Crippen molar-refractivity contribution in [3.05, 3.63) is 29.8 Å². The molecule has 0 spiro atoms. The lowest BCUT2D eigenvalue weighted by Gasteiger charge is -2.21. The molecule has 116 valence electrons. The van der Waals surface area contributed by atoms with E-state index in [1.807, 2.05) is 0 Å². The number of carbonyl (C=O) groups excluding carboxylic acids is 1. The monoisotopic (exact) mass is 295 g/mol. The minimum atomic E-state index is -1.10. The highest BCUT2D eigenvalue weighted by molar-refractivity contribution is 5.82. The number of urea groups is 1. The molecular weight excluding hydrogens is 274 g/mol. The number of rotatable bonds is 7. The van der Waals surface area contributed by atoms with E-state index in [1.54, 1.807) is 26.2 Å². The zero-order valence-electron chi connectivity index (χ0n) is 12.2. The molecule has 7 heteroatoms. The van der Waals surface area contributed by atoms with Gasteiger partial charge in [0.2, 0.25) is 0 Å². The number of aromatic hydroxyl groups is 1. The molecule has 0 saturated heterocycles. The van der Waals surface area contributed by atoms with Crippen LogP contribution in [0.1, 0.15) is 5.56 Å². The maximum absolute atomic E-state index is 11.9. The number of carboxylic acids is 1. The number of nitrogens with zero attached hydrogens (tertiary/aromatic N) is 1. The molecule has 0 saturated carbocycles. The highest BCUT2D eigenvalue weighted by Gasteiger charge is 2.22. The van der Waals surface area contributed by atoms with Crippen LogP contribution < -0.4 is 10.6 Å². The molecule has 4 N–H and O–H groups in total. The van der Waals surface area contributed by atoms with E-state index < -0.39 is 18.0 Å². The first-order valence-corrected chi connectivity index (χ1v) is 6.61. The maximum Gasteiger partial charge on any atom is 0.326 e. The molecule has 0 heterocycles. The smallest absolute Gasteiger partial charge is 0.326 e. The lowest BCUT2D eigenvalue weighted by atomic mass is 10.1. The van der Waals surface area contributed by atoms with Crippen LogP contribution in [-0.4, -0.2) is 60.3 Å². The van der Waals surface area contributed by atoms with Gasteiger partial charge in [0.05, 0.1) is 0 Å². The van der Waals surface area contributed by atoms with Gasteiger partial charge in [0, 0.05) is 26.6 Å². The van der Waals surface area contributed by atoms with Gasteiger partial charge in [0.15, 0.2) is 0 Å². The summed E-state index contributed by atoms with van der Waals surface area (Å²) in [7, 11) is 3.38.